The molecule has 0 bridgehead atoms. The Balaban J connectivity index is 2.38. The van der Waals surface area contributed by atoms with Crippen LogP contribution in [-0.4, -0.2) is 32.3 Å². The van der Waals surface area contributed by atoms with E-state index >= 15 is 0 Å². The van der Waals surface area contributed by atoms with Crippen LogP contribution in [0, 0.1) is 0 Å². The predicted molar refractivity (Wildman–Crippen MR) is 61.4 cm³/mol. The maximum absolute atomic E-state index is 12.2. The fourth-order valence-corrected chi connectivity index (χ4v) is 3.17. The number of carbonyl (C=O) groups excluding carboxylic acids is 1. The molecule has 1 heterocycles. The third-order valence-corrected chi connectivity index (χ3v) is 5.34. The van der Waals surface area contributed by atoms with Crippen molar-refractivity contribution in [2.24, 2.45) is 5.73 Å². The number of ether oxygens (including phenoxy) is 1. The Kier molecular flexibility index (Phi) is 2.71. The summed E-state index contributed by atoms with van der Waals surface area (Å²) in [4.78, 5) is 11.1. The van der Waals surface area contributed by atoms with Crippen molar-refractivity contribution in [3.05, 3.63) is 29.8 Å². The quantitative estimate of drug-likeness (QED) is 0.844. The Bertz CT molecular complexity index is 543. The predicted octanol–water partition coefficient (Wildman–Crippen LogP) is 0.348. The normalized spacial score (nSPS) is 18.4. The van der Waals surface area contributed by atoms with E-state index in [1.807, 2.05) is 0 Å². The monoisotopic (exact) mass is 255 g/mol. The maximum Gasteiger partial charge on any atom is 0.248 e. The van der Waals surface area contributed by atoms with Crippen molar-refractivity contribution in [1.82, 2.24) is 0 Å². The molecule has 0 saturated carbocycles. The van der Waals surface area contributed by atoms with E-state index in [0.717, 1.165) is 0 Å². The lowest BCUT2D eigenvalue weighted by Crippen LogP contribution is -2.53. The Hall–Kier alpha value is -1.40. The molecule has 1 saturated heterocycles. The van der Waals surface area contributed by atoms with Crippen LogP contribution in [0.1, 0.15) is 17.3 Å². The zero-order valence-electron chi connectivity index (χ0n) is 9.34. The first-order valence-electron chi connectivity index (χ1n) is 5.09. The summed E-state index contributed by atoms with van der Waals surface area (Å²) in [5, 5.41) is 0. The fraction of sp³-hybridized carbons (Fsp3) is 0.364. The van der Waals surface area contributed by atoms with E-state index in [4.69, 9.17) is 10.5 Å². The number of hydrogen-bond donors (Lipinski definition) is 1. The number of rotatable bonds is 3. The molecule has 0 aliphatic carbocycles. The van der Waals surface area contributed by atoms with Crippen molar-refractivity contribution in [3.63, 3.8) is 0 Å². The van der Waals surface area contributed by atoms with E-state index in [2.05, 4.69) is 0 Å². The van der Waals surface area contributed by atoms with Gasteiger partial charge >= 0.3 is 0 Å². The molecular formula is C11H13NO4S. The summed E-state index contributed by atoms with van der Waals surface area (Å²) in [5.74, 6) is -0.577. The molecule has 17 heavy (non-hydrogen) atoms. The van der Waals surface area contributed by atoms with E-state index < -0.39 is 20.5 Å². The van der Waals surface area contributed by atoms with Crippen LogP contribution in [0.15, 0.2) is 29.2 Å². The van der Waals surface area contributed by atoms with Crippen LogP contribution in [0.25, 0.3) is 0 Å². The van der Waals surface area contributed by atoms with Crippen LogP contribution in [0.4, 0.5) is 0 Å². The van der Waals surface area contributed by atoms with Crippen LogP contribution in [-0.2, 0) is 14.6 Å². The van der Waals surface area contributed by atoms with E-state index in [0.29, 0.717) is 5.56 Å². The molecule has 6 heteroatoms. The van der Waals surface area contributed by atoms with Gasteiger partial charge < -0.3 is 10.5 Å². The van der Waals surface area contributed by atoms with Gasteiger partial charge in [0, 0.05) is 5.56 Å². The van der Waals surface area contributed by atoms with Gasteiger partial charge in [0.25, 0.3) is 0 Å². The second kappa shape index (κ2) is 3.82. The molecule has 1 fully saturated rings. The van der Waals surface area contributed by atoms with E-state index in [-0.39, 0.29) is 18.1 Å². The highest BCUT2D eigenvalue weighted by Crippen LogP contribution is 2.32. The molecule has 1 aromatic rings. The molecule has 2 rings (SSSR count). The maximum atomic E-state index is 12.2. The highest BCUT2D eigenvalue weighted by Gasteiger charge is 2.46. The number of nitrogens with two attached hydrogens (primary N) is 1. The van der Waals surface area contributed by atoms with Crippen molar-refractivity contribution in [3.8, 4) is 0 Å². The third kappa shape index (κ3) is 1.83. The highest BCUT2D eigenvalue weighted by molar-refractivity contribution is 7.93. The molecule has 5 nitrogen and oxygen atoms in total. The SMILES string of the molecule is CC1(S(=O)(=O)c2ccc(C(N)=O)cc2)COC1. The van der Waals surface area contributed by atoms with Crippen molar-refractivity contribution < 1.29 is 17.9 Å². The molecule has 0 atom stereocenters. The molecule has 2 N–H and O–H groups in total. The summed E-state index contributed by atoms with van der Waals surface area (Å²) in [7, 11) is -3.42. The van der Waals surface area contributed by atoms with E-state index in [1.165, 1.54) is 24.3 Å². The summed E-state index contributed by atoms with van der Waals surface area (Å²) < 4.78 is 28.5. The van der Waals surface area contributed by atoms with E-state index in [9.17, 15) is 13.2 Å². The number of carbonyl (C=O) groups is 1. The summed E-state index contributed by atoms with van der Waals surface area (Å²) in [6, 6.07) is 5.63. The number of hydrogen-bond acceptors (Lipinski definition) is 4. The first kappa shape index (κ1) is 12.1. The number of primary amides is 1. The summed E-state index contributed by atoms with van der Waals surface area (Å²) >= 11 is 0. The van der Waals surface area contributed by atoms with Crippen LogP contribution >= 0.6 is 0 Å². The zero-order chi connectivity index (χ0) is 12.7. The Morgan fingerprint density at radius 3 is 2.18 bits per heavy atom. The molecular weight excluding hydrogens is 242 g/mol. The Morgan fingerprint density at radius 2 is 1.82 bits per heavy atom. The van der Waals surface area contributed by atoms with Gasteiger partial charge in [0.1, 0.15) is 4.75 Å². The molecule has 1 aromatic carbocycles. The molecule has 0 spiro atoms. The Labute approximate surface area is 99.5 Å². The minimum absolute atomic E-state index is 0.188. The van der Waals surface area contributed by atoms with Gasteiger partial charge in [-0.2, -0.15) is 0 Å². The van der Waals surface area contributed by atoms with Crippen molar-refractivity contribution in [1.29, 1.82) is 0 Å². The minimum atomic E-state index is -3.42. The van der Waals surface area contributed by atoms with Crippen LogP contribution in [0.2, 0.25) is 0 Å². The number of amides is 1. The van der Waals surface area contributed by atoms with Crippen molar-refractivity contribution in [2.75, 3.05) is 13.2 Å². The zero-order valence-corrected chi connectivity index (χ0v) is 10.2. The minimum Gasteiger partial charge on any atom is -0.378 e. The molecule has 1 aliphatic rings. The molecule has 0 aromatic heterocycles. The first-order valence-corrected chi connectivity index (χ1v) is 6.57. The molecule has 0 unspecified atom stereocenters. The van der Waals surface area contributed by atoms with Gasteiger partial charge in [-0.1, -0.05) is 0 Å². The number of benzene rings is 1. The lowest BCUT2D eigenvalue weighted by molar-refractivity contribution is -0.00490. The second-order valence-electron chi connectivity index (χ2n) is 4.33. The smallest absolute Gasteiger partial charge is 0.248 e. The molecule has 0 radical (unpaired) electrons. The fourth-order valence-electron chi connectivity index (χ4n) is 1.63. The van der Waals surface area contributed by atoms with Crippen LogP contribution < -0.4 is 5.73 Å². The van der Waals surface area contributed by atoms with Crippen molar-refractivity contribution >= 4 is 15.7 Å². The van der Waals surface area contributed by atoms with Gasteiger partial charge in [0.2, 0.25) is 5.91 Å². The van der Waals surface area contributed by atoms with Gasteiger partial charge in [0.05, 0.1) is 18.1 Å². The van der Waals surface area contributed by atoms with Gasteiger partial charge in [0.15, 0.2) is 9.84 Å². The van der Waals surface area contributed by atoms with Gasteiger partial charge in [-0.15, -0.1) is 0 Å². The molecule has 1 aliphatic heterocycles. The highest BCUT2D eigenvalue weighted by atomic mass is 32.2. The van der Waals surface area contributed by atoms with E-state index in [1.54, 1.807) is 6.92 Å². The average Bonchev–Trinajstić information content (AvgIpc) is 2.25. The second-order valence-corrected chi connectivity index (χ2v) is 6.80. The van der Waals surface area contributed by atoms with Gasteiger partial charge in [-0.25, -0.2) is 8.42 Å². The number of sulfone groups is 1. The molecule has 92 valence electrons. The van der Waals surface area contributed by atoms with Gasteiger partial charge in [-0.3, -0.25) is 4.79 Å². The summed E-state index contributed by atoms with van der Waals surface area (Å²) in [6.45, 7) is 2.05. The third-order valence-electron chi connectivity index (χ3n) is 2.91. The standard InChI is InChI=1S/C11H13NO4S/c1-11(6-16-7-11)17(14,15)9-4-2-8(3-5-9)10(12)13/h2-5H,6-7H2,1H3,(H2,12,13). The van der Waals surface area contributed by atoms with Crippen molar-refractivity contribution in [2.45, 2.75) is 16.6 Å². The van der Waals surface area contributed by atoms with Crippen LogP contribution in [0.3, 0.4) is 0 Å². The lowest BCUT2D eigenvalue weighted by atomic mass is 10.1. The Morgan fingerprint density at radius 1 is 1.29 bits per heavy atom. The van der Waals surface area contributed by atoms with Gasteiger partial charge in [-0.05, 0) is 31.2 Å². The first-order chi connectivity index (χ1) is 7.87. The lowest BCUT2D eigenvalue weighted by Gasteiger charge is -2.37. The summed E-state index contributed by atoms with van der Waals surface area (Å²) in [5.41, 5.74) is 5.38. The largest absolute Gasteiger partial charge is 0.378 e. The molecule has 1 amide bonds. The summed E-state index contributed by atoms with van der Waals surface area (Å²) in [6.07, 6.45) is 0. The van der Waals surface area contributed by atoms with Crippen LogP contribution in [0.5, 0.6) is 0 Å². The topological polar surface area (TPSA) is 86.5 Å². The average molecular weight is 255 g/mol.